The van der Waals surface area contributed by atoms with Gasteiger partial charge < -0.3 is 10.4 Å². The molecule has 3 heteroatoms. The van der Waals surface area contributed by atoms with E-state index >= 15 is 0 Å². The Balaban J connectivity index is 2.12. The van der Waals surface area contributed by atoms with Crippen LogP contribution in [0.3, 0.4) is 0 Å². The highest BCUT2D eigenvalue weighted by Crippen LogP contribution is 2.31. The molecule has 1 saturated carbocycles. The van der Waals surface area contributed by atoms with Crippen molar-refractivity contribution < 1.29 is 9.90 Å². The summed E-state index contributed by atoms with van der Waals surface area (Å²) in [5.41, 5.74) is 0. The van der Waals surface area contributed by atoms with Crippen LogP contribution in [0.5, 0.6) is 0 Å². The summed E-state index contributed by atoms with van der Waals surface area (Å²) >= 11 is 0. The average molecular weight is 213 g/mol. The van der Waals surface area contributed by atoms with Gasteiger partial charge in [-0.3, -0.25) is 4.79 Å². The Hall–Kier alpha value is -0.570. The van der Waals surface area contributed by atoms with Gasteiger partial charge in [0.15, 0.2) is 0 Å². The third kappa shape index (κ3) is 4.20. The lowest BCUT2D eigenvalue weighted by Crippen LogP contribution is -2.29. The third-order valence-corrected chi connectivity index (χ3v) is 3.34. The highest BCUT2D eigenvalue weighted by Gasteiger charge is 2.32. The highest BCUT2D eigenvalue weighted by atomic mass is 16.4. The second-order valence-electron chi connectivity index (χ2n) is 4.55. The molecule has 3 nitrogen and oxygen atoms in total. The predicted molar refractivity (Wildman–Crippen MR) is 60.9 cm³/mol. The molecule has 0 aromatic carbocycles. The normalized spacial score (nSPS) is 25.7. The van der Waals surface area contributed by atoms with Crippen LogP contribution in [-0.2, 0) is 4.79 Å². The molecule has 15 heavy (non-hydrogen) atoms. The van der Waals surface area contributed by atoms with E-state index in [4.69, 9.17) is 5.11 Å². The Labute approximate surface area is 92.3 Å². The Morgan fingerprint density at radius 3 is 2.87 bits per heavy atom. The lowest BCUT2D eigenvalue weighted by Gasteiger charge is -2.16. The molecule has 0 aromatic rings. The van der Waals surface area contributed by atoms with Crippen molar-refractivity contribution in [2.75, 3.05) is 13.1 Å². The van der Waals surface area contributed by atoms with Gasteiger partial charge in [0.2, 0.25) is 0 Å². The van der Waals surface area contributed by atoms with Crippen molar-refractivity contribution in [2.24, 2.45) is 11.8 Å². The third-order valence-electron chi connectivity index (χ3n) is 3.34. The molecule has 0 saturated heterocycles. The zero-order chi connectivity index (χ0) is 11.1. The molecular formula is C12H23NO2. The van der Waals surface area contributed by atoms with Crippen LogP contribution in [0.2, 0.25) is 0 Å². The first kappa shape index (κ1) is 12.5. The molecular weight excluding hydrogens is 190 g/mol. The van der Waals surface area contributed by atoms with Crippen molar-refractivity contribution in [2.45, 2.75) is 45.4 Å². The van der Waals surface area contributed by atoms with Crippen molar-refractivity contribution in [1.82, 2.24) is 5.32 Å². The van der Waals surface area contributed by atoms with Crippen LogP contribution in [0.25, 0.3) is 0 Å². The number of hydrogen-bond donors (Lipinski definition) is 2. The van der Waals surface area contributed by atoms with Gasteiger partial charge in [-0.1, -0.05) is 26.2 Å². The van der Waals surface area contributed by atoms with Gasteiger partial charge in [0.1, 0.15) is 0 Å². The van der Waals surface area contributed by atoms with Gasteiger partial charge >= 0.3 is 5.97 Å². The lowest BCUT2D eigenvalue weighted by molar-refractivity contribution is -0.142. The molecule has 1 aliphatic rings. The zero-order valence-electron chi connectivity index (χ0n) is 9.67. The minimum Gasteiger partial charge on any atom is -0.481 e. The molecule has 0 bridgehead atoms. The molecule has 88 valence electrons. The molecule has 0 heterocycles. The molecule has 2 unspecified atom stereocenters. The van der Waals surface area contributed by atoms with E-state index in [-0.39, 0.29) is 5.92 Å². The minimum atomic E-state index is -0.604. The first-order valence-corrected chi connectivity index (χ1v) is 6.19. The SMILES string of the molecule is CCCCCNCC1CCCC1C(=O)O. The molecule has 2 atom stereocenters. The van der Waals surface area contributed by atoms with Crippen LogP contribution in [-0.4, -0.2) is 24.2 Å². The topological polar surface area (TPSA) is 49.3 Å². The van der Waals surface area contributed by atoms with E-state index < -0.39 is 5.97 Å². The van der Waals surface area contributed by atoms with Crippen LogP contribution >= 0.6 is 0 Å². The molecule has 0 radical (unpaired) electrons. The number of carbonyl (C=O) groups is 1. The van der Waals surface area contributed by atoms with Gasteiger partial charge in [-0.05, 0) is 38.3 Å². The van der Waals surface area contributed by atoms with Crippen LogP contribution in [0, 0.1) is 11.8 Å². The molecule has 0 spiro atoms. The van der Waals surface area contributed by atoms with Gasteiger partial charge in [-0.25, -0.2) is 0 Å². The number of unbranched alkanes of at least 4 members (excludes halogenated alkanes) is 2. The summed E-state index contributed by atoms with van der Waals surface area (Å²) in [4.78, 5) is 10.9. The van der Waals surface area contributed by atoms with Crippen LogP contribution in [0.4, 0.5) is 0 Å². The fourth-order valence-corrected chi connectivity index (χ4v) is 2.39. The average Bonchev–Trinajstić information content (AvgIpc) is 2.66. The number of carboxylic acid groups (broad SMARTS) is 1. The molecule has 1 rings (SSSR count). The first-order chi connectivity index (χ1) is 7.25. The Bertz CT molecular complexity index is 194. The summed E-state index contributed by atoms with van der Waals surface area (Å²) in [5.74, 6) is -0.333. The van der Waals surface area contributed by atoms with Crippen LogP contribution in [0.15, 0.2) is 0 Å². The summed E-state index contributed by atoms with van der Waals surface area (Å²) < 4.78 is 0. The van der Waals surface area contributed by atoms with Crippen molar-refractivity contribution in [1.29, 1.82) is 0 Å². The number of rotatable bonds is 7. The van der Waals surface area contributed by atoms with Crippen molar-refractivity contribution in [3.05, 3.63) is 0 Å². The fraction of sp³-hybridized carbons (Fsp3) is 0.917. The van der Waals surface area contributed by atoms with Crippen molar-refractivity contribution >= 4 is 5.97 Å². The summed E-state index contributed by atoms with van der Waals surface area (Å²) in [6.45, 7) is 4.12. The molecule has 0 amide bonds. The van der Waals surface area contributed by atoms with E-state index in [1.165, 1.54) is 19.3 Å². The van der Waals surface area contributed by atoms with E-state index in [9.17, 15) is 4.79 Å². The zero-order valence-corrected chi connectivity index (χ0v) is 9.67. The van der Waals surface area contributed by atoms with Gasteiger partial charge in [-0.2, -0.15) is 0 Å². The number of nitrogens with one attached hydrogen (secondary N) is 1. The Morgan fingerprint density at radius 2 is 2.20 bits per heavy atom. The van der Waals surface area contributed by atoms with E-state index in [0.717, 1.165) is 32.4 Å². The van der Waals surface area contributed by atoms with Gasteiger partial charge in [0, 0.05) is 0 Å². The predicted octanol–water partition coefficient (Wildman–Crippen LogP) is 2.27. The number of aliphatic carboxylic acids is 1. The molecule has 2 N–H and O–H groups in total. The second-order valence-corrected chi connectivity index (χ2v) is 4.55. The summed E-state index contributed by atoms with van der Waals surface area (Å²) in [6, 6.07) is 0. The highest BCUT2D eigenvalue weighted by molar-refractivity contribution is 5.70. The first-order valence-electron chi connectivity index (χ1n) is 6.19. The molecule has 1 aliphatic carbocycles. The van der Waals surface area contributed by atoms with E-state index in [0.29, 0.717) is 5.92 Å². The molecule has 1 fully saturated rings. The van der Waals surface area contributed by atoms with Gasteiger partial charge in [0.25, 0.3) is 0 Å². The smallest absolute Gasteiger partial charge is 0.306 e. The summed E-state index contributed by atoms with van der Waals surface area (Å²) in [6.07, 6.45) is 6.75. The molecule has 0 aliphatic heterocycles. The van der Waals surface area contributed by atoms with Crippen molar-refractivity contribution in [3.8, 4) is 0 Å². The number of hydrogen-bond acceptors (Lipinski definition) is 2. The summed E-state index contributed by atoms with van der Waals surface area (Å²) in [5, 5.41) is 12.4. The second kappa shape index (κ2) is 6.83. The van der Waals surface area contributed by atoms with Crippen LogP contribution in [0.1, 0.15) is 45.4 Å². The van der Waals surface area contributed by atoms with Crippen LogP contribution < -0.4 is 5.32 Å². The Kier molecular flexibility index (Phi) is 5.69. The van der Waals surface area contributed by atoms with Gasteiger partial charge in [0.05, 0.1) is 5.92 Å². The Morgan fingerprint density at radius 1 is 1.40 bits per heavy atom. The maximum Gasteiger partial charge on any atom is 0.306 e. The van der Waals surface area contributed by atoms with E-state index in [1.807, 2.05) is 0 Å². The van der Waals surface area contributed by atoms with E-state index in [1.54, 1.807) is 0 Å². The number of carboxylic acids is 1. The minimum absolute atomic E-state index is 0.0938. The maximum atomic E-state index is 10.9. The summed E-state index contributed by atoms with van der Waals surface area (Å²) in [7, 11) is 0. The largest absolute Gasteiger partial charge is 0.481 e. The van der Waals surface area contributed by atoms with Crippen molar-refractivity contribution in [3.63, 3.8) is 0 Å². The van der Waals surface area contributed by atoms with Gasteiger partial charge in [-0.15, -0.1) is 0 Å². The molecule has 0 aromatic heterocycles. The van der Waals surface area contributed by atoms with E-state index in [2.05, 4.69) is 12.2 Å². The standard InChI is InChI=1S/C12H23NO2/c1-2-3-4-8-13-9-10-6-5-7-11(10)12(14)15/h10-11,13H,2-9H2,1H3,(H,14,15). The lowest BCUT2D eigenvalue weighted by atomic mass is 9.96. The maximum absolute atomic E-state index is 10.9. The quantitative estimate of drug-likeness (QED) is 0.638. The monoisotopic (exact) mass is 213 g/mol. The fourth-order valence-electron chi connectivity index (χ4n) is 2.39.